The lowest BCUT2D eigenvalue weighted by Gasteiger charge is -2.25. The van der Waals surface area contributed by atoms with E-state index in [1.807, 2.05) is 51.1 Å². The highest BCUT2D eigenvalue weighted by molar-refractivity contribution is 7.92. The van der Waals surface area contributed by atoms with Crippen molar-refractivity contribution < 1.29 is 31.9 Å². The maximum absolute atomic E-state index is 12.9. The minimum atomic E-state index is -3.70. The minimum Gasteiger partial charge on any atom is -0.437 e. The van der Waals surface area contributed by atoms with Crippen LogP contribution in [0.4, 0.5) is 5.82 Å². The molecule has 1 aromatic carbocycles. The predicted octanol–water partition coefficient (Wildman–Crippen LogP) is 3.86. The van der Waals surface area contributed by atoms with Crippen LogP contribution in [0.5, 0.6) is 0 Å². The second-order valence-corrected chi connectivity index (χ2v) is 11.6. The maximum Gasteiger partial charge on any atom is 0.234 e. The number of imide groups is 1. The number of aromatic nitrogens is 1. The second-order valence-electron chi connectivity index (χ2n) is 9.66. The van der Waals surface area contributed by atoms with Gasteiger partial charge in [-0.15, -0.1) is 0 Å². The predicted molar refractivity (Wildman–Crippen MR) is 150 cm³/mol. The van der Waals surface area contributed by atoms with E-state index in [2.05, 4.69) is 4.98 Å². The average Bonchev–Trinajstić information content (AvgIpc) is 3.20. The number of rotatable bonds is 14. The fraction of sp³-hybridized carbons (Fsp3) is 0.464. The molecule has 0 aliphatic heterocycles. The Bertz CT molecular complexity index is 1400. The summed E-state index contributed by atoms with van der Waals surface area (Å²) < 4.78 is 43.2. The number of fused-ring (bicyclic) bond motifs is 1. The van der Waals surface area contributed by atoms with E-state index in [0.717, 1.165) is 33.2 Å². The monoisotopic (exact) mass is 559 g/mol. The average molecular weight is 560 g/mol. The first kappa shape index (κ1) is 30.3. The summed E-state index contributed by atoms with van der Waals surface area (Å²) in [6.45, 7) is 6.33. The molecule has 0 saturated heterocycles. The number of sulfonamides is 1. The summed E-state index contributed by atoms with van der Waals surface area (Å²) in [5, 5.41) is 0.816. The smallest absolute Gasteiger partial charge is 0.234 e. The molecule has 10 nitrogen and oxygen atoms in total. The van der Waals surface area contributed by atoms with Gasteiger partial charge in [-0.25, -0.2) is 8.42 Å². The molecule has 3 aromatic rings. The number of anilines is 1. The van der Waals surface area contributed by atoms with Gasteiger partial charge in [-0.2, -0.15) is 4.98 Å². The van der Waals surface area contributed by atoms with E-state index in [1.165, 1.54) is 18.5 Å². The fourth-order valence-corrected chi connectivity index (χ4v) is 5.45. The van der Waals surface area contributed by atoms with Crippen LogP contribution in [0.15, 0.2) is 34.7 Å². The van der Waals surface area contributed by atoms with Crippen molar-refractivity contribution in [3.8, 4) is 11.3 Å². The van der Waals surface area contributed by atoms with Crippen LogP contribution >= 0.6 is 0 Å². The van der Waals surface area contributed by atoms with Crippen LogP contribution in [0.25, 0.3) is 22.4 Å². The summed E-state index contributed by atoms with van der Waals surface area (Å²) in [4.78, 5) is 30.0. The second kappa shape index (κ2) is 13.2. The number of aryl methyl sites for hydroxylation is 3. The number of methoxy groups -OCH3 is 2. The Kier molecular flexibility index (Phi) is 10.2. The molecule has 2 amide bonds. The van der Waals surface area contributed by atoms with Crippen LogP contribution in [0, 0.1) is 26.7 Å². The molecule has 2 aromatic heterocycles. The molecule has 39 heavy (non-hydrogen) atoms. The molecule has 0 saturated carbocycles. The van der Waals surface area contributed by atoms with E-state index in [-0.39, 0.29) is 38.0 Å². The van der Waals surface area contributed by atoms with Crippen LogP contribution in [-0.4, -0.2) is 77.4 Å². The van der Waals surface area contributed by atoms with E-state index < -0.39 is 15.9 Å². The van der Waals surface area contributed by atoms with Crippen LogP contribution in [0.1, 0.15) is 29.5 Å². The number of hydrogen-bond acceptors (Lipinski definition) is 8. The van der Waals surface area contributed by atoms with Gasteiger partial charge >= 0.3 is 0 Å². The van der Waals surface area contributed by atoms with E-state index in [9.17, 15) is 18.0 Å². The first-order valence-corrected chi connectivity index (χ1v) is 14.6. The molecule has 0 aliphatic rings. The van der Waals surface area contributed by atoms with Gasteiger partial charge in [-0.1, -0.05) is 29.8 Å². The molecule has 0 fully saturated rings. The molecule has 212 valence electrons. The van der Waals surface area contributed by atoms with E-state index >= 15 is 0 Å². The number of hydrogen-bond donors (Lipinski definition) is 0. The first-order chi connectivity index (χ1) is 18.5. The third-order valence-electron chi connectivity index (χ3n) is 6.62. The Morgan fingerprint density at radius 1 is 1.10 bits per heavy atom. The summed E-state index contributed by atoms with van der Waals surface area (Å²) >= 11 is 0. The first-order valence-electron chi connectivity index (χ1n) is 12.7. The molecule has 1 atom stereocenters. The molecule has 0 aliphatic carbocycles. The number of nitrogens with zero attached hydrogens (tertiary/aromatic N) is 3. The van der Waals surface area contributed by atoms with Gasteiger partial charge in [0.05, 0.1) is 31.9 Å². The maximum atomic E-state index is 12.9. The van der Waals surface area contributed by atoms with Gasteiger partial charge in [0.2, 0.25) is 28.1 Å². The van der Waals surface area contributed by atoms with Crippen molar-refractivity contribution in [2.75, 3.05) is 51.1 Å². The van der Waals surface area contributed by atoms with Gasteiger partial charge in [0.15, 0.2) is 0 Å². The molecule has 0 bridgehead atoms. The number of amides is 2. The Morgan fingerprint density at radius 3 is 2.38 bits per heavy atom. The summed E-state index contributed by atoms with van der Waals surface area (Å²) in [7, 11) is -0.742. The highest BCUT2D eigenvalue weighted by atomic mass is 32.2. The van der Waals surface area contributed by atoms with Gasteiger partial charge in [0.1, 0.15) is 11.6 Å². The Balaban J connectivity index is 1.87. The number of carbonyl (C=O) groups excluding carboxylic acids is 2. The van der Waals surface area contributed by atoms with E-state index in [4.69, 9.17) is 13.9 Å². The van der Waals surface area contributed by atoms with Gasteiger partial charge in [0, 0.05) is 37.3 Å². The SMILES string of the molecule is COCCN(C=O)C(=O)C(CCCN(c1nc2oc(-c3ccc(C)cc3)c(C)c2cc1C)S(C)(=O)=O)COC. The molecule has 11 heteroatoms. The molecule has 0 N–H and O–H groups in total. The minimum absolute atomic E-state index is 0.0926. The number of carbonyl (C=O) groups is 2. The van der Waals surface area contributed by atoms with Crippen molar-refractivity contribution in [1.82, 2.24) is 9.88 Å². The highest BCUT2D eigenvalue weighted by Gasteiger charge is 2.27. The van der Waals surface area contributed by atoms with Gasteiger partial charge in [-0.05, 0) is 45.2 Å². The summed E-state index contributed by atoms with van der Waals surface area (Å²) in [5.41, 5.74) is 4.01. The topological polar surface area (TPSA) is 119 Å². The lowest BCUT2D eigenvalue weighted by molar-refractivity contribution is -0.143. The normalized spacial score (nSPS) is 12.5. The highest BCUT2D eigenvalue weighted by Crippen LogP contribution is 2.35. The van der Waals surface area contributed by atoms with Crippen LogP contribution in [0.2, 0.25) is 0 Å². The van der Waals surface area contributed by atoms with Crippen LogP contribution < -0.4 is 4.31 Å². The number of pyridine rings is 1. The summed E-state index contributed by atoms with van der Waals surface area (Å²) in [6.07, 6.45) is 2.26. The zero-order valence-electron chi connectivity index (χ0n) is 23.4. The Morgan fingerprint density at radius 2 is 1.79 bits per heavy atom. The van der Waals surface area contributed by atoms with Crippen molar-refractivity contribution in [2.24, 2.45) is 5.92 Å². The summed E-state index contributed by atoms with van der Waals surface area (Å²) in [5.74, 6) is -0.0347. The number of benzene rings is 1. The van der Waals surface area contributed by atoms with Crippen molar-refractivity contribution >= 4 is 39.3 Å². The molecule has 0 spiro atoms. The third kappa shape index (κ3) is 7.23. The molecular formula is C28H37N3O7S. The Labute approximate surface area is 229 Å². The van der Waals surface area contributed by atoms with Crippen LogP contribution in [0.3, 0.4) is 0 Å². The van der Waals surface area contributed by atoms with Gasteiger partial charge in [0.25, 0.3) is 0 Å². The van der Waals surface area contributed by atoms with Crippen molar-refractivity contribution in [3.05, 3.63) is 47.0 Å². The molecule has 2 heterocycles. The van der Waals surface area contributed by atoms with Crippen molar-refractivity contribution in [2.45, 2.75) is 33.6 Å². The quantitative estimate of drug-likeness (QED) is 0.273. The number of ether oxygens (including phenoxy) is 2. The number of furan rings is 1. The third-order valence-corrected chi connectivity index (χ3v) is 7.78. The standard InChI is InChI=1S/C28H37N3O7S/c1-19-9-11-22(12-10-19)25-21(3)24-16-20(2)26(29-27(24)38-25)31(39(6,34)35)13-7-8-23(17-37-5)28(33)30(18-32)14-15-36-4/h9-12,16,18,23H,7-8,13-15,17H2,1-6H3. The van der Waals surface area contributed by atoms with Crippen molar-refractivity contribution in [3.63, 3.8) is 0 Å². The van der Waals surface area contributed by atoms with Crippen LogP contribution in [-0.2, 0) is 29.1 Å². The van der Waals surface area contributed by atoms with E-state index in [1.54, 1.807) is 0 Å². The fourth-order valence-electron chi connectivity index (χ4n) is 4.49. The van der Waals surface area contributed by atoms with E-state index in [0.29, 0.717) is 36.3 Å². The summed E-state index contributed by atoms with van der Waals surface area (Å²) in [6, 6.07) is 9.86. The lowest BCUT2D eigenvalue weighted by atomic mass is 10.0. The molecule has 1 unspecified atom stereocenters. The lowest BCUT2D eigenvalue weighted by Crippen LogP contribution is -2.39. The largest absolute Gasteiger partial charge is 0.437 e. The van der Waals surface area contributed by atoms with Gasteiger partial charge in [-0.3, -0.25) is 18.8 Å². The molecular weight excluding hydrogens is 522 g/mol. The Hall–Kier alpha value is -3.28. The molecule has 0 radical (unpaired) electrons. The zero-order chi connectivity index (χ0) is 28.7. The molecule has 3 rings (SSSR count). The zero-order valence-corrected chi connectivity index (χ0v) is 24.2. The van der Waals surface area contributed by atoms with Crippen molar-refractivity contribution in [1.29, 1.82) is 0 Å². The van der Waals surface area contributed by atoms with Gasteiger partial charge < -0.3 is 13.9 Å².